The Hall–Kier alpha value is -2.86. The van der Waals surface area contributed by atoms with Gasteiger partial charge in [-0.05, 0) is 43.7 Å². The molecule has 26 heavy (non-hydrogen) atoms. The number of pyridine rings is 1. The largest absolute Gasteiger partial charge is 0.352 e. The fourth-order valence-corrected chi connectivity index (χ4v) is 3.00. The molecule has 0 spiro atoms. The van der Waals surface area contributed by atoms with Crippen molar-refractivity contribution in [3.63, 3.8) is 0 Å². The molecule has 0 fully saturated rings. The van der Waals surface area contributed by atoms with E-state index in [1.807, 2.05) is 36.6 Å². The Morgan fingerprint density at radius 1 is 1.27 bits per heavy atom. The predicted octanol–water partition coefficient (Wildman–Crippen LogP) is 3.23. The predicted molar refractivity (Wildman–Crippen MR) is 102 cm³/mol. The molecule has 0 bridgehead atoms. The molecule has 0 aliphatic rings. The molecule has 3 rings (SSSR count). The summed E-state index contributed by atoms with van der Waals surface area (Å²) in [6.07, 6.45) is 3.77. The van der Waals surface area contributed by atoms with Gasteiger partial charge >= 0.3 is 0 Å². The van der Waals surface area contributed by atoms with Gasteiger partial charge in [0.25, 0.3) is 5.91 Å². The smallest absolute Gasteiger partial charge is 0.252 e. The second-order valence-corrected chi connectivity index (χ2v) is 6.32. The highest BCUT2D eigenvalue weighted by molar-refractivity contribution is 6.34. The summed E-state index contributed by atoms with van der Waals surface area (Å²) in [5.74, 6) is -0.424. The Kier molecular flexibility index (Phi) is 5.23. The van der Waals surface area contributed by atoms with Crippen LogP contribution in [0.15, 0.2) is 42.7 Å². The number of anilines is 1. The van der Waals surface area contributed by atoms with Crippen LogP contribution in [0.3, 0.4) is 0 Å². The lowest BCUT2D eigenvalue weighted by molar-refractivity contribution is -0.115. The summed E-state index contributed by atoms with van der Waals surface area (Å²) in [6.45, 7) is 4.33. The second kappa shape index (κ2) is 7.58. The van der Waals surface area contributed by atoms with E-state index in [2.05, 4.69) is 15.6 Å². The quantitative estimate of drug-likeness (QED) is 0.724. The van der Waals surface area contributed by atoms with Crippen LogP contribution in [0.25, 0.3) is 5.65 Å². The monoisotopic (exact) mass is 370 g/mol. The van der Waals surface area contributed by atoms with Gasteiger partial charge in [-0.3, -0.25) is 9.59 Å². The number of benzene rings is 1. The first-order chi connectivity index (χ1) is 12.5. The van der Waals surface area contributed by atoms with Gasteiger partial charge in [0.05, 0.1) is 22.7 Å². The van der Waals surface area contributed by atoms with Crippen LogP contribution in [-0.2, 0) is 11.2 Å². The summed E-state index contributed by atoms with van der Waals surface area (Å²) in [7, 11) is 0. The van der Waals surface area contributed by atoms with E-state index in [1.165, 1.54) is 0 Å². The zero-order valence-corrected chi connectivity index (χ0v) is 15.3. The Bertz CT molecular complexity index is 981. The molecule has 2 aromatic heterocycles. The number of rotatable bonds is 5. The lowest BCUT2D eigenvalue weighted by Gasteiger charge is -2.09. The Balaban J connectivity index is 1.72. The van der Waals surface area contributed by atoms with Crippen molar-refractivity contribution in [1.82, 2.24) is 14.7 Å². The molecular weight excluding hydrogens is 352 g/mol. The number of hydrogen-bond acceptors (Lipinski definition) is 3. The highest BCUT2D eigenvalue weighted by Gasteiger charge is 2.13. The normalized spacial score (nSPS) is 10.7. The first-order valence-electron chi connectivity index (χ1n) is 8.28. The summed E-state index contributed by atoms with van der Waals surface area (Å²) in [5.41, 5.74) is 3.60. The van der Waals surface area contributed by atoms with Gasteiger partial charge in [0, 0.05) is 24.6 Å². The first kappa shape index (κ1) is 17.9. The van der Waals surface area contributed by atoms with Gasteiger partial charge in [0.2, 0.25) is 5.91 Å². The molecule has 2 N–H and O–H groups in total. The number of nitrogens with one attached hydrogen (secondary N) is 2. The minimum Gasteiger partial charge on any atom is -0.352 e. The third-order valence-corrected chi connectivity index (χ3v) is 4.30. The lowest BCUT2D eigenvalue weighted by Crippen LogP contribution is -2.23. The molecule has 6 nitrogen and oxygen atoms in total. The molecule has 7 heteroatoms. The maximum atomic E-state index is 12.4. The van der Waals surface area contributed by atoms with E-state index in [-0.39, 0.29) is 18.2 Å². The van der Waals surface area contributed by atoms with Gasteiger partial charge in [0.15, 0.2) is 0 Å². The molecule has 0 saturated heterocycles. The van der Waals surface area contributed by atoms with Crippen LogP contribution >= 0.6 is 11.6 Å². The Labute approximate surface area is 156 Å². The van der Waals surface area contributed by atoms with E-state index in [1.54, 1.807) is 24.4 Å². The van der Waals surface area contributed by atoms with Gasteiger partial charge in [-0.1, -0.05) is 17.7 Å². The highest BCUT2D eigenvalue weighted by atomic mass is 35.5. The number of aromatic nitrogens is 2. The zero-order chi connectivity index (χ0) is 18.7. The van der Waals surface area contributed by atoms with Gasteiger partial charge < -0.3 is 15.0 Å². The molecule has 0 aliphatic heterocycles. The Morgan fingerprint density at radius 3 is 2.81 bits per heavy atom. The number of nitrogens with zero attached hydrogens (tertiary/aromatic N) is 2. The van der Waals surface area contributed by atoms with E-state index < -0.39 is 0 Å². The van der Waals surface area contributed by atoms with E-state index in [0.29, 0.717) is 22.8 Å². The van der Waals surface area contributed by atoms with E-state index in [0.717, 1.165) is 16.9 Å². The first-order valence-corrected chi connectivity index (χ1v) is 8.66. The van der Waals surface area contributed by atoms with Crippen LogP contribution in [0.4, 0.5) is 5.69 Å². The minimum absolute atomic E-state index is 0.181. The van der Waals surface area contributed by atoms with Gasteiger partial charge in [-0.15, -0.1) is 0 Å². The molecule has 0 atom stereocenters. The number of amides is 2. The molecular formula is C19H19ClN4O2. The fraction of sp³-hybridized carbons (Fsp3) is 0.211. The SMILES string of the molecule is CCNC(=O)c1ccc(NC(=O)Cc2cnc3c(C)cccn23)cc1Cl. The second-order valence-electron chi connectivity index (χ2n) is 5.91. The average Bonchev–Trinajstić information content (AvgIpc) is 2.99. The lowest BCUT2D eigenvalue weighted by atomic mass is 10.2. The molecule has 0 aliphatic carbocycles. The number of carbonyl (C=O) groups excluding carboxylic acids is 2. The average molecular weight is 371 g/mol. The molecule has 0 unspecified atom stereocenters. The summed E-state index contributed by atoms with van der Waals surface area (Å²) in [5, 5.41) is 5.79. The molecule has 3 aromatic rings. The van der Waals surface area contributed by atoms with Gasteiger partial charge in [-0.25, -0.2) is 4.98 Å². The van der Waals surface area contributed by atoms with Crippen molar-refractivity contribution in [2.75, 3.05) is 11.9 Å². The van der Waals surface area contributed by atoms with Crippen molar-refractivity contribution in [3.05, 3.63) is 64.6 Å². The van der Waals surface area contributed by atoms with Crippen LogP contribution in [0, 0.1) is 6.92 Å². The van der Waals surface area contributed by atoms with Crippen LogP contribution in [0.2, 0.25) is 5.02 Å². The van der Waals surface area contributed by atoms with Crippen LogP contribution in [0.5, 0.6) is 0 Å². The summed E-state index contributed by atoms with van der Waals surface area (Å²) >= 11 is 6.16. The summed E-state index contributed by atoms with van der Waals surface area (Å²) in [4.78, 5) is 28.6. The van der Waals surface area contributed by atoms with Crippen molar-refractivity contribution >= 4 is 34.7 Å². The summed E-state index contributed by atoms with van der Waals surface area (Å²) in [6, 6.07) is 8.73. The van der Waals surface area contributed by atoms with Crippen molar-refractivity contribution < 1.29 is 9.59 Å². The molecule has 0 radical (unpaired) electrons. The molecule has 2 heterocycles. The molecule has 134 valence electrons. The van der Waals surface area contributed by atoms with E-state index >= 15 is 0 Å². The number of halogens is 1. The Morgan fingerprint density at radius 2 is 2.08 bits per heavy atom. The van der Waals surface area contributed by atoms with Gasteiger partial charge in [0.1, 0.15) is 5.65 Å². The number of fused-ring (bicyclic) bond motifs is 1. The van der Waals surface area contributed by atoms with Crippen LogP contribution < -0.4 is 10.6 Å². The minimum atomic E-state index is -0.239. The zero-order valence-electron chi connectivity index (χ0n) is 14.5. The number of aryl methyl sites for hydroxylation is 1. The van der Waals surface area contributed by atoms with Crippen LogP contribution in [0.1, 0.15) is 28.5 Å². The third-order valence-electron chi connectivity index (χ3n) is 3.98. The molecule has 2 amide bonds. The van der Waals surface area contributed by atoms with E-state index in [4.69, 9.17) is 11.6 Å². The van der Waals surface area contributed by atoms with E-state index in [9.17, 15) is 9.59 Å². The number of imidazole rings is 1. The van der Waals surface area contributed by atoms with Crippen molar-refractivity contribution in [1.29, 1.82) is 0 Å². The summed E-state index contributed by atoms with van der Waals surface area (Å²) < 4.78 is 1.90. The van der Waals surface area contributed by atoms with Gasteiger partial charge in [-0.2, -0.15) is 0 Å². The third kappa shape index (κ3) is 3.70. The fourth-order valence-electron chi connectivity index (χ4n) is 2.74. The topological polar surface area (TPSA) is 75.5 Å². The van der Waals surface area contributed by atoms with Crippen LogP contribution in [-0.4, -0.2) is 27.7 Å². The number of carbonyl (C=O) groups is 2. The highest BCUT2D eigenvalue weighted by Crippen LogP contribution is 2.21. The standard InChI is InChI=1S/C19H19ClN4O2/c1-3-21-19(26)15-7-6-13(9-16(15)20)23-17(25)10-14-11-22-18-12(2)5-4-8-24(14)18/h4-9,11H,3,10H2,1-2H3,(H,21,26)(H,23,25). The van der Waals surface area contributed by atoms with Crippen molar-refractivity contribution in [2.45, 2.75) is 20.3 Å². The molecule has 1 aromatic carbocycles. The molecule has 0 saturated carbocycles. The number of hydrogen-bond donors (Lipinski definition) is 2. The maximum Gasteiger partial charge on any atom is 0.252 e. The van der Waals surface area contributed by atoms with Crippen molar-refractivity contribution in [3.8, 4) is 0 Å². The van der Waals surface area contributed by atoms with Crippen molar-refractivity contribution in [2.24, 2.45) is 0 Å². The maximum absolute atomic E-state index is 12.4.